The van der Waals surface area contributed by atoms with Crippen LogP contribution < -0.4 is 5.73 Å². The molecular weight excluding hydrogens is 210 g/mol. The zero-order chi connectivity index (χ0) is 11.8. The first-order chi connectivity index (χ1) is 8.29. The highest BCUT2D eigenvalue weighted by Crippen LogP contribution is 2.37. The van der Waals surface area contributed by atoms with Crippen LogP contribution in [0.1, 0.15) is 29.2 Å². The topological polar surface area (TPSA) is 54.7 Å². The Labute approximate surface area is 101 Å². The predicted octanol–water partition coefficient (Wildman–Crippen LogP) is 2.37. The van der Waals surface area contributed by atoms with Crippen molar-refractivity contribution in [3.63, 3.8) is 0 Å². The molecule has 3 heteroatoms. The summed E-state index contributed by atoms with van der Waals surface area (Å²) < 4.78 is 0. The van der Waals surface area contributed by atoms with Crippen LogP contribution in [0.4, 0.5) is 0 Å². The second kappa shape index (κ2) is 4.00. The van der Waals surface area contributed by atoms with Gasteiger partial charge in [-0.3, -0.25) is 5.10 Å². The van der Waals surface area contributed by atoms with Crippen molar-refractivity contribution < 1.29 is 0 Å². The molecule has 3 rings (SSSR count). The van der Waals surface area contributed by atoms with Gasteiger partial charge < -0.3 is 5.73 Å². The molecule has 1 atom stereocenters. The molecule has 0 aliphatic heterocycles. The summed E-state index contributed by atoms with van der Waals surface area (Å²) in [7, 11) is 0. The van der Waals surface area contributed by atoms with Gasteiger partial charge in [-0.1, -0.05) is 23.8 Å². The summed E-state index contributed by atoms with van der Waals surface area (Å²) >= 11 is 0. The van der Waals surface area contributed by atoms with Gasteiger partial charge in [-0.05, 0) is 32.4 Å². The molecule has 0 radical (unpaired) electrons. The summed E-state index contributed by atoms with van der Waals surface area (Å²) in [6, 6.07) is 8.49. The van der Waals surface area contributed by atoms with Crippen molar-refractivity contribution in [3.8, 4) is 11.3 Å². The lowest BCUT2D eigenvalue weighted by atomic mass is 9.97. The fraction of sp³-hybridized carbons (Fsp3) is 0.357. The second-order valence-corrected chi connectivity index (χ2v) is 4.81. The normalized spacial score (nSPS) is 18.4. The lowest BCUT2D eigenvalue weighted by Gasteiger charge is -2.09. The van der Waals surface area contributed by atoms with Gasteiger partial charge in [0.2, 0.25) is 0 Å². The van der Waals surface area contributed by atoms with Crippen molar-refractivity contribution in [1.82, 2.24) is 10.2 Å². The molecule has 0 bridgehead atoms. The molecule has 0 amide bonds. The first-order valence-electron chi connectivity index (χ1n) is 6.14. The first-order valence-corrected chi connectivity index (χ1v) is 6.14. The van der Waals surface area contributed by atoms with Crippen molar-refractivity contribution in [2.75, 3.05) is 6.54 Å². The van der Waals surface area contributed by atoms with Crippen LogP contribution >= 0.6 is 0 Å². The van der Waals surface area contributed by atoms with E-state index in [1.807, 2.05) is 0 Å². The highest BCUT2D eigenvalue weighted by atomic mass is 15.1. The Bertz CT molecular complexity index is 542. The molecule has 1 heterocycles. The number of nitrogens with zero attached hydrogens (tertiary/aromatic N) is 1. The Morgan fingerprint density at radius 1 is 1.47 bits per heavy atom. The summed E-state index contributed by atoms with van der Waals surface area (Å²) in [5.41, 5.74) is 12.0. The van der Waals surface area contributed by atoms with E-state index in [0.29, 0.717) is 12.5 Å². The van der Waals surface area contributed by atoms with E-state index in [0.717, 1.165) is 18.5 Å². The number of H-pyrrole nitrogens is 1. The maximum absolute atomic E-state index is 5.84. The molecule has 88 valence electrons. The number of hydrogen-bond donors (Lipinski definition) is 2. The van der Waals surface area contributed by atoms with Crippen LogP contribution in [0.25, 0.3) is 11.3 Å². The molecule has 1 aromatic heterocycles. The SMILES string of the molecule is Cc1cccc(-c2n[nH]c3c2C(CN)CC3)c1. The van der Waals surface area contributed by atoms with Gasteiger partial charge >= 0.3 is 0 Å². The fourth-order valence-corrected chi connectivity index (χ4v) is 2.73. The van der Waals surface area contributed by atoms with Gasteiger partial charge in [-0.15, -0.1) is 0 Å². The Morgan fingerprint density at radius 2 is 2.35 bits per heavy atom. The van der Waals surface area contributed by atoms with Gasteiger partial charge in [0.1, 0.15) is 0 Å². The van der Waals surface area contributed by atoms with Gasteiger partial charge in [-0.2, -0.15) is 5.10 Å². The van der Waals surface area contributed by atoms with Gasteiger partial charge in [0.25, 0.3) is 0 Å². The molecule has 0 saturated carbocycles. The van der Waals surface area contributed by atoms with Gasteiger partial charge in [0.15, 0.2) is 0 Å². The Kier molecular flexibility index (Phi) is 2.48. The standard InChI is InChI=1S/C14H17N3/c1-9-3-2-4-10(7-9)14-13-11(8-15)5-6-12(13)16-17-14/h2-4,7,11H,5-6,8,15H2,1H3,(H,16,17). The number of hydrogen-bond acceptors (Lipinski definition) is 2. The number of nitrogens with two attached hydrogens (primary N) is 1. The average molecular weight is 227 g/mol. The maximum atomic E-state index is 5.84. The van der Waals surface area contributed by atoms with Crippen LogP contribution in [0, 0.1) is 6.92 Å². The van der Waals surface area contributed by atoms with Crippen molar-refractivity contribution in [1.29, 1.82) is 0 Å². The van der Waals surface area contributed by atoms with Crippen LogP contribution in [0.2, 0.25) is 0 Å². The minimum atomic E-state index is 0.472. The smallest absolute Gasteiger partial charge is 0.0958 e. The summed E-state index contributed by atoms with van der Waals surface area (Å²) in [5.74, 6) is 0.472. The van der Waals surface area contributed by atoms with E-state index in [-0.39, 0.29) is 0 Å². The third kappa shape index (κ3) is 1.67. The fourth-order valence-electron chi connectivity index (χ4n) is 2.73. The lowest BCUT2D eigenvalue weighted by Crippen LogP contribution is -2.09. The zero-order valence-electron chi connectivity index (χ0n) is 10.0. The number of aromatic amines is 1. The summed E-state index contributed by atoms with van der Waals surface area (Å²) in [6.07, 6.45) is 2.23. The first kappa shape index (κ1) is 10.5. The van der Waals surface area contributed by atoms with Crippen LogP contribution in [-0.2, 0) is 6.42 Å². The highest BCUT2D eigenvalue weighted by molar-refractivity contribution is 5.66. The molecule has 3 nitrogen and oxygen atoms in total. The van der Waals surface area contributed by atoms with Gasteiger partial charge in [-0.25, -0.2) is 0 Å². The van der Waals surface area contributed by atoms with Crippen molar-refractivity contribution in [3.05, 3.63) is 41.1 Å². The third-order valence-electron chi connectivity index (χ3n) is 3.61. The van der Waals surface area contributed by atoms with Crippen molar-refractivity contribution in [2.45, 2.75) is 25.7 Å². The summed E-state index contributed by atoms with van der Waals surface area (Å²) in [6.45, 7) is 2.82. The van der Waals surface area contributed by atoms with Crippen LogP contribution in [-0.4, -0.2) is 16.7 Å². The molecular formula is C14H17N3. The predicted molar refractivity (Wildman–Crippen MR) is 68.9 cm³/mol. The molecule has 1 aliphatic carbocycles. The van der Waals surface area contributed by atoms with E-state index in [1.54, 1.807) is 0 Å². The van der Waals surface area contributed by atoms with E-state index in [2.05, 4.69) is 41.4 Å². The Balaban J connectivity index is 2.11. The van der Waals surface area contributed by atoms with Gasteiger partial charge in [0.05, 0.1) is 5.69 Å². The van der Waals surface area contributed by atoms with E-state index < -0.39 is 0 Å². The van der Waals surface area contributed by atoms with Crippen LogP contribution in [0.3, 0.4) is 0 Å². The van der Waals surface area contributed by atoms with Crippen molar-refractivity contribution >= 4 is 0 Å². The molecule has 1 aliphatic rings. The quantitative estimate of drug-likeness (QED) is 0.827. The van der Waals surface area contributed by atoms with Crippen LogP contribution in [0.5, 0.6) is 0 Å². The molecule has 1 unspecified atom stereocenters. The number of aryl methyl sites for hydroxylation is 2. The number of benzene rings is 1. The lowest BCUT2D eigenvalue weighted by molar-refractivity contribution is 0.682. The maximum Gasteiger partial charge on any atom is 0.0958 e. The second-order valence-electron chi connectivity index (χ2n) is 4.81. The zero-order valence-corrected chi connectivity index (χ0v) is 10.0. The third-order valence-corrected chi connectivity index (χ3v) is 3.61. The van der Waals surface area contributed by atoms with E-state index in [1.165, 1.54) is 22.4 Å². The molecule has 0 fully saturated rings. The number of rotatable bonds is 2. The van der Waals surface area contributed by atoms with Crippen LogP contribution in [0.15, 0.2) is 24.3 Å². The Morgan fingerprint density at radius 3 is 3.12 bits per heavy atom. The number of fused-ring (bicyclic) bond motifs is 1. The number of aromatic nitrogens is 2. The van der Waals surface area contributed by atoms with E-state index in [4.69, 9.17) is 5.73 Å². The van der Waals surface area contributed by atoms with Gasteiger partial charge in [0, 0.05) is 22.7 Å². The van der Waals surface area contributed by atoms with Crippen molar-refractivity contribution in [2.24, 2.45) is 5.73 Å². The summed E-state index contributed by atoms with van der Waals surface area (Å²) in [4.78, 5) is 0. The van der Waals surface area contributed by atoms with E-state index in [9.17, 15) is 0 Å². The monoisotopic (exact) mass is 227 g/mol. The molecule has 1 aromatic carbocycles. The summed E-state index contributed by atoms with van der Waals surface area (Å²) in [5, 5.41) is 7.63. The molecule has 17 heavy (non-hydrogen) atoms. The molecule has 0 saturated heterocycles. The molecule has 2 aromatic rings. The minimum absolute atomic E-state index is 0.472. The number of nitrogens with one attached hydrogen (secondary N) is 1. The van der Waals surface area contributed by atoms with E-state index >= 15 is 0 Å². The minimum Gasteiger partial charge on any atom is -0.330 e. The average Bonchev–Trinajstić information content (AvgIpc) is 2.89. The largest absolute Gasteiger partial charge is 0.330 e. The molecule has 3 N–H and O–H groups in total. The molecule has 0 spiro atoms. The Hall–Kier alpha value is -1.61. The highest BCUT2D eigenvalue weighted by Gasteiger charge is 2.27.